The molecule has 0 radical (unpaired) electrons. The molecule has 1 aliphatic carbocycles. The van der Waals surface area contributed by atoms with Gasteiger partial charge in [0.1, 0.15) is 5.54 Å². The van der Waals surface area contributed by atoms with Crippen molar-refractivity contribution in [2.45, 2.75) is 56.6 Å². The third kappa shape index (κ3) is 4.44. The van der Waals surface area contributed by atoms with E-state index in [0.29, 0.717) is 32.3 Å². The first-order valence-electron chi connectivity index (χ1n) is 7.47. The molecule has 0 aromatic heterocycles. The highest BCUT2D eigenvalue weighted by atomic mass is 16.5. The molecule has 1 unspecified atom stereocenters. The predicted octanol–water partition coefficient (Wildman–Crippen LogP) is 0.960. The average molecular weight is 270 g/mol. The molecule has 1 aliphatic heterocycles. The molecule has 19 heavy (non-hydrogen) atoms. The quantitative estimate of drug-likeness (QED) is 0.705. The Morgan fingerprint density at radius 2 is 2.16 bits per heavy atom. The molecule has 3 N–H and O–H groups in total. The Balaban J connectivity index is 1.52. The molecule has 110 valence electrons. The highest BCUT2D eigenvalue weighted by molar-refractivity contribution is 5.86. The van der Waals surface area contributed by atoms with Crippen LogP contribution in [0.15, 0.2) is 0 Å². The smallest absolute Gasteiger partial charge is 0.242 e. The predicted molar refractivity (Wildman–Crippen MR) is 72.8 cm³/mol. The molecule has 1 saturated heterocycles. The van der Waals surface area contributed by atoms with Crippen molar-refractivity contribution in [3.05, 3.63) is 0 Å². The van der Waals surface area contributed by atoms with Gasteiger partial charge in [-0.1, -0.05) is 19.3 Å². The third-order valence-corrected chi connectivity index (χ3v) is 4.02. The molecule has 1 atom stereocenters. The summed E-state index contributed by atoms with van der Waals surface area (Å²) in [5.74, 6) is -0.0948. The summed E-state index contributed by atoms with van der Waals surface area (Å²) in [4.78, 5) is 11.9. The van der Waals surface area contributed by atoms with Crippen molar-refractivity contribution in [3.8, 4) is 0 Å². The summed E-state index contributed by atoms with van der Waals surface area (Å²) in [6.45, 7) is 2.26. The molecule has 0 spiro atoms. The summed E-state index contributed by atoms with van der Waals surface area (Å²) in [6.07, 6.45) is 8.19. The zero-order valence-electron chi connectivity index (χ0n) is 11.7. The fraction of sp³-hybridized carbons (Fsp3) is 0.929. The van der Waals surface area contributed by atoms with Crippen LogP contribution in [-0.4, -0.2) is 43.9 Å². The molecule has 2 aliphatic rings. The lowest BCUT2D eigenvalue weighted by molar-refractivity contribution is -0.126. The van der Waals surface area contributed by atoms with Crippen LogP contribution < -0.4 is 11.1 Å². The summed E-state index contributed by atoms with van der Waals surface area (Å²) in [7, 11) is 0. The van der Waals surface area contributed by atoms with Gasteiger partial charge < -0.3 is 20.5 Å². The average Bonchev–Trinajstić information content (AvgIpc) is 2.88. The summed E-state index contributed by atoms with van der Waals surface area (Å²) < 4.78 is 11.0. The number of amides is 1. The van der Waals surface area contributed by atoms with Gasteiger partial charge in [-0.05, 0) is 25.7 Å². The molecule has 2 fully saturated rings. The van der Waals surface area contributed by atoms with Crippen LogP contribution in [0.5, 0.6) is 0 Å². The highest BCUT2D eigenvalue weighted by Gasteiger charge is 2.37. The Bertz CT molecular complexity index is 284. The van der Waals surface area contributed by atoms with Crippen LogP contribution in [0.25, 0.3) is 0 Å². The number of carbonyl (C=O) groups excluding carboxylic acids is 1. The molecule has 5 heteroatoms. The largest absolute Gasteiger partial charge is 0.379 e. The molecule has 0 aromatic rings. The normalized spacial score (nSPS) is 28.5. The van der Waals surface area contributed by atoms with Gasteiger partial charge in [0.15, 0.2) is 0 Å². The van der Waals surface area contributed by atoms with Crippen LogP contribution in [0.1, 0.15) is 44.9 Å². The topological polar surface area (TPSA) is 73.6 Å². The second-order valence-electron chi connectivity index (χ2n) is 5.70. The summed E-state index contributed by atoms with van der Waals surface area (Å²) in [5.41, 5.74) is 5.15. The van der Waals surface area contributed by atoms with Crippen molar-refractivity contribution in [1.29, 1.82) is 0 Å². The van der Waals surface area contributed by atoms with E-state index < -0.39 is 5.54 Å². The fourth-order valence-corrected chi connectivity index (χ4v) is 2.69. The highest BCUT2D eigenvalue weighted by Crippen LogP contribution is 2.20. The Morgan fingerprint density at radius 3 is 2.84 bits per heavy atom. The zero-order valence-corrected chi connectivity index (χ0v) is 11.7. The van der Waals surface area contributed by atoms with E-state index >= 15 is 0 Å². The maximum atomic E-state index is 11.9. The summed E-state index contributed by atoms with van der Waals surface area (Å²) in [6, 6.07) is 0. The van der Waals surface area contributed by atoms with Crippen LogP contribution in [0.4, 0.5) is 0 Å². The van der Waals surface area contributed by atoms with E-state index in [-0.39, 0.29) is 5.91 Å². The molecular weight excluding hydrogens is 244 g/mol. The van der Waals surface area contributed by atoms with Crippen LogP contribution in [0.2, 0.25) is 0 Å². The molecule has 1 saturated carbocycles. The number of rotatable bonds is 6. The SMILES string of the molecule is NC1(C(=O)NCCCOC2CCCCC2)CCOC1. The van der Waals surface area contributed by atoms with Gasteiger partial charge in [0.25, 0.3) is 0 Å². The van der Waals surface area contributed by atoms with Crippen LogP contribution in [0, 0.1) is 0 Å². The molecule has 0 bridgehead atoms. The molecule has 1 heterocycles. The number of nitrogens with one attached hydrogen (secondary N) is 1. The van der Waals surface area contributed by atoms with Crippen molar-refractivity contribution >= 4 is 5.91 Å². The van der Waals surface area contributed by atoms with Gasteiger partial charge in [-0.2, -0.15) is 0 Å². The maximum absolute atomic E-state index is 11.9. The van der Waals surface area contributed by atoms with Gasteiger partial charge >= 0.3 is 0 Å². The molecule has 5 nitrogen and oxygen atoms in total. The van der Waals surface area contributed by atoms with E-state index in [1.165, 1.54) is 32.1 Å². The van der Waals surface area contributed by atoms with Gasteiger partial charge in [-0.3, -0.25) is 4.79 Å². The van der Waals surface area contributed by atoms with E-state index in [2.05, 4.69) is 5.32 Å². The van der Waals surface area contributed by atoms with Crippen LogP contribution >= 0.6 is 0 Å². The minimum absolute atomic E-state index is 0.0948. The van der Waals surface area contributed by atoms with E-state index in [1.54, 1.807) is 0 Å². The Morgan fingerprint density at radius 1 is 1.37 bits per heavy atom. The van der Waals surface area contributed by atoms with Crippen molar-refractivity contribution in [2.75, 3.05) is 26.4 Å². The van der Waals surface area contributed by atoms with E-state index in [9.17, 15) is 4.79 Å². The van der Waals surface area contributed by atoms with Crippen molar-refractivity contribution < 1.29 is 14.3 Å². The molecular formula is C14H26N2O3. The second kappa shape index (κ2) is 7.22. The monoisotopic (exact) mass is 270 g/mol. The second-order valence-corrected chi connectivity index (χ2v) is 5.70. The third-order valence-electron chi connectivity index (χ3n) is 4.02. The maximum Gasteiger partial charge on any atom is 0.242 e. The number of hydrogen-bond acceptors (Lipinski definition) is 4. The van der Waals surface area contributed by atoms with Crippen molar-refractivity contribution in [1.82, 2.24) is 5.32 Å². The van der Waals surface area contributed by atoms with Gasteiger partial charge in [0.05, 0.1) is 12.7 Å². The van der Waals surface area contributed by atoms with E-state index in [0.717, 1.165) is 13.0 Å². The lowest BCUT2D eigenvalue weighted by atomic mass is 9.98. The first-order chi connectivity index (χ1) is 9.21. The van der Waals surface area contributed by atoms with E-state index in [4.69, 9.17) is 15.2 Å². The first-order valence-corrected chi connectivity index (χ1v) is 7.47. The van der Waals surface area contributed by atoms with E-state index in [1.807, 2.05) is 0 Å². The van der Waals surface area contributed by atoms with Crippen LogP contribution in [-0.2, 0) is 14.3 Å². The molecule has 0 aromatic carbocycles. The molecule has 2 rings (SSSR count). The minimum Gasteiger partial charge on any atom is -0.379 e. The lowest BCUT2D eigenvalue weighted by Crippen LogP contribution is -2.54. The molecule has 1 amide bonds. The Hall–Kier alpha value is -0.650. The number of carbonyl (C=O) groups is 1. The number of hydrogen-bond donors (Lipinski definition) is 2. The Labute approximate surface area is 115 Å². The lowest BCUT2D eigenvalue weighted by Gasteiger charge is -2.23. The first kappa shape index (κ1) is 14.8. The van der Waals surface area contributed by atoms with Crippen LogP contribution in [0.3, 0.4) is 0 Å². The van der Waals surface area contributed by atoms with Crippen molar-refractivity contribution in [3.63, 3.8) is 0 Å². The standard InChI is InChI=1S/C14H26N2O3/c15-14(7-10-18-11-14)13(17)16-8-4-9-19-12-5-2-1-3-6-12/h12H,1-11,15H2,(H,16,17). The number of nitrogens with two attached hydrogens (primary N) is 1. The summed E-state index contributed by atoms with van der Waals surface area (Å²) >= 11 is 0. The number of ether oxygens (including phenoxy) is 2. The Kier molecular flexibility index (Phi) is 5.60. The van der Waals surface area contributed by atoms with Gasteiger partial charge in [-0.15, -0.1) is 0 Å². The fourth-order valence-electron chi connectivity index (χ4n) is 2.69. The van der Waals surface area contributed by atoms with Gasteiger partial charge in [-0.25, -0.2) is 0 Å². The summed E-state index contributed by atoms with van der Waals surface area (Å²) in [5, 5.41) is 2.88. The van der Waals surface area contributed by atoms with Gasteiger partial charge in [0, 0.05) is 19.8 Å². The minimum atomic E-state index is -0.815. The zero-order chi connectivity index (χ0) is 13.6. The van der Waals surface area contributed by atoms with Gasteiger partial charge in [0.2, 0.25) is 5.91 Å². The van der Waals surface area contributed by atoms with Crippen molar-refractivity contribution in [2.24, 2.45) is 5.73 Å².